The van der Waals surface area contributed by atoms with Crippen LogP contribution in [0.15, 0.2) is 18.2 Å². The topological polar surface area (TPSA) is 12.0 Å². The quantitative estimate of drug-likeness (QED) is 0.777. The Balaban J connectivity index is 2.27. The van der Waals surface area contributed by atoms with Gasteiger partial charge in [0.05, 0.1) is 0 Å². The molecule has 0 amide bonds. The van der Waals surface area contributed by atoms with E-state index in [0.717, 1.165) is 10.9 Å². The number of nitrogens with one attached hydrogen (secondary N) is 1. The molecule has 1 nitrogen and oxygen atoms in total. The van der Waals surface area contributed by atoms with E-state index in [9.17, 15) is 0 Å². The van der Waals surface area contributed by atoms with Crippen molar-refractivity contribution in [2.45, 2.75) is 45.1 Å². The molecule has 1 N–H and O–H groups in total. The zero-order valence-electron chi connectivity index (χ0n) is 11.8. The van der Waals surface area contributed by atoms with Gasteiger partial charge in [-0.2, -0.15) is 0 Å². The molecule has 1 aromatic carbocycles. The maximum atomic E-state index is 6.39. The van der Waals surface area contributed by atoms with Gasteiger partial charge in [-0.25, -0.2) is 0 Å². The molecular weight excluding hydrogens is 277 g/mol. The van der Waals surface area contributed by atoms with Crippen molar-refractivity contribution in [1.82, 2.24) is 5.32 Å². The van der Waals surface area contributed by atoms with Crippen molar-refractivity contribution >= 4 is 23.2 Å². The lowest BCUT2D eigenvalue weighted by Gasteiger charge is -2.37. The average molecular weight is 300 g/mol. The molecule has 3 atom stereocenters. The van der Waals surface area contributed by atoms with E-state index in [1.165, 1.54) is 37.7 Å². The minimum atomic E-state index is 0.343. The van der Waals surface area contributed by atoms with E-state index in [4.69, 9.17) is 23.2 Å². The van der Waals surface area contributed by atoms with Crippen molar-refractivity contribution in [3.05, 3.63) is 33.8 Å². The second-order valence-corrected chi connectivity index (χ2v) is 6.39. The van der Waals surface area contributed by atoms with E-state index in [0.29, 0.717) is 17.0 Å². The Hall–Kier alpha value is -0.240. The van der Waals surface area contributed by atoms with E-state index >= 15 is 0 Å². The largest absolute Gasteiger partial charge is 0.313 e. The standard InChI is InChI=1S/C16H23Cl2N/c1-3-11-6-4-5-7-13(11)16(19-2)14-9-8-12(17)10-15(14)18/h8-11,13,16,19H,3-7H2,1-2H3. The first-order valence-corrected chi connectivity index (χ1v) is 8.05. The first-order valence-electron chi connectivity index (χ1n) is 7.29. The summed E-state index contributed by atoms with van der Waals surface area (Å²) in [5.74, 6) is 1.49. The molecule has 19 heavy (non-hydrogen) atoms. The van der Waals surface area contributed by atoms with E-state index in [1.54, 1.807) is 0 Å². The van der Waals surface area contributed by atoms with Gasteiger partial charge in [-0.05, 0) is 43.0 Å². The molecule has 0 radical (unpaired) electrons. The molecule has 0 heterocycles. The maximum absolute atomic E-state index is 6.39. The second kappa shape index (κ2) is 6.97. The number of hydrogen-bond acceptors (Lipinski definition) is 1. The van der Waals surface area contributed by atoms with Crippen molar-refractivity contribution in [3.8, 4) is 0 Å². The molecule has 3 unspecified atom stereocenters. The Bertz CT molecular complexity index is 419. The van der Waals surface area contributed by atoms with Crippen LogP contribution in [0.5, 0.6) is 0 Å². The Morgan fingerprint density at radius 1 is 1.26 bits per heavy atom. The SMILES string of the molecule is CCC1CCCCC1C(NC)c1ccc(Cl)cc1Cl. The molecule has 0 bridgehead atoms. The van der Waals surface area contributed by atoms with Crippen molar-refractivity contribution in [2.75, 3.05) is 7.05 Å². The lowest BCUT2D eigenvalue weighted by atomic mass is 9.72. The smallest absolute Gasteiger partial charge is 0.0468 e. The van der Waals surface area contributed by atoms with Crippen molar-refractivity contribution < 1.29 is 0 Å². The molecule has 1 saturated carbocycles. The van der Waals surface area contributed by atoms with E-state index in [1.807, 2.05) is 19.2 Å². The van der Waals surface area contributed by atoms with Gasteiger partial charge in [0.2, 0.25) is 0 Å². The summed E-state index contributed by atoms with van der Waals surface area (Å²) < 4.78 is 0. The lowest BCUT2D eigenvalue weighted by molar-refractivity contribution is 0.180. The van der Waals surface area contributed by atoms with E-state index in [2.05, 4.69) is 18.3 Å². The van der Waals surface area contributed by atoms with Crippen LogP contribution in [-0.2, 0) is 0 Å². The zero-order valence-corrected chi connectivity index (χ0v) is 13.3. The molecule has 1 aliphatic rings. The Morgan fingerprint density at radius 2 is 2.00 bits per heavy atom. The molecule has 3 heteroatoms. The highest BCUT2D eigenvalue weighted by atomic mass is 35.5. The predicted octanol–water partition coefficient (Wildman–Crippen LogP) is 5.47. The number of rotatable bonds is 4. The summed E-state index contributed by atoms with van der Waals surface area (Å²) in [5.41, 5.74) is 1.19. The van der Waals surface area contributed by atoms with Gasteiger partial charge in [0.1, 0.15) is 0 Å². The zero-order chi connectivity index (χ0) is 13.8. The summed E-state index contributed by atoms with van der Waals surface area (Å²) in [5, 5.41) is 4.98. The summed E-state index contributed by atoms with van der Waals surface area (Å²) >= 11 is 12.4. The molecule has 0 saturated heterocycles. The Kier molecular flexibility index (Phi) is 5.56. The molecule has 2 rings (SSSR count). The third kappa shape index (κ3) is 3.45. The number of halogens is 2. The molecule has 0 aliphatic heterocycles. The van der Waals surface area contributed by atoms with Gasteiger partial charge >= 0.3 is 0 Å². The fourth-order valence-corrected chi connectivity index (χ4v) is 4.06. The van der Waals surface area contributed by atoms with Crippen LogP contribution >= 0.6 is 23.2 Å². The van der Waals surface area contributed by atoms with Crippen LogP contribution < -0.4 is 5.32 Å². The normalized spacial score (nSPS) is 25.3. The fraction of sp³-hybridized carbons (Fsp3) is 0.625. The summed E-state index contributed by atoms with van der Waals surface area (Å²) in [6, 6.07) is 6.21. The van der Waals surface area contributed by atoms with Crippen LogP contribution in [-0.4, -0.2) is 7.05 Å². The first kappa shape index (κ1) is 15.2. The van der Waals surface area contributed by atoms with Gasteiger partial charge in [-0.1, -0.05) is 61.9 Å². The molecule has 1 aromatic rings. The van der Waals surface area contributed by atoms with Crippen LogP contribution in [0, 0.1) is 11.8 Å². The Labute approximate surface area is 126 Å². The fourth-order valence-electron chi connectivity index (χ4n) is 3.54. The van der Waals surface area contributed by atoms with E-state index < -0.39 is 0 Å². The lowest BCUT2D eigenvalue weighted by Crippen LogP contribution is -2.32. The second-order valence-electron chi connectivity index (χ2n) is 5.55. The highest BCUT2D eigenvalue weighted by Gasteiger charge is 2.31. The van der Waals surface area contributed by atoms with Gasteiger partial charge in [-0.3, -0.25) is 0 Å². The Morgan fingerprint density at radius 3 is 2.63 bits per heavy atom. The monoisotopic (exact) mass is 299 g/mol. The summed E-state index contributed by atoms with van der Waals surface area (Å²) in [6.45, 7) is 2.30. The molecule has 106 valence electrons. The van der Waals surface area contributed by atoms with Crippen LogP contribution in [0.25, 0.3) is 0 Å². The first-order chi connectivity index (χ1) is 9.17. The molecular formula is C16H23Cl2N. The van der Waals surface area contributed by atoms with Crippen molar-refractivity contribution in [1.29, 1.82) is 0 Å². The minimum absolute atomic E-state index is 0.343. The molecule has 0 aromatic heterocycles. The van der Waals surface area contributed by atoms with Gasteiger partial charge in [-0.15, -0.1) is 0 Å². The van der Waals surface area contributed by atoms with Crippen LogP contribution in [0.1, 0.15) is 50.6 Å². The van der Waals surface area contributed by atoms with Crippen LogP contribution in [0.3, 0.4) is 0 Å². The van der Waals surface area contributed by atoms with Gasteiger partial charge < -0.3 is 5.32 Å². The van der Waals surface area contributed by atoms with Gasteiger partial charge in [0, 0.05) is 16.1 Å². The van der Waals surface area contributed by atoms with Crippen LogP contribution in [0.2, 0.25) is 10.0 Å². The van der Waals surface area contributed by atoms with Crippen molar-refractivity contribution in [2.24, 2.45) is 11.8 Å². The minimum Gasteiger partial charge on any atom is -0.313 e. The number of hydrogen-bond donors (Lipinski definition) is 1. The van der Waals surface area contributed by atoms with E-state index in [-0.39, 0.29) is 0 Å². The summed E-state index contributed by atoms with van der Waals surface area (Å²) in [6.07, 6.45) is 6.62. The highest BCUT2D eigenvalue weighted by Crippen LogP contribution is 2.42. The van der Waals surface area contributed by atoms with Gasteiger partial charge in [0.15, 0.2) is 0 Å². The van der Waals surface area contributed by atoms with Crippen molar-refractivity contribution in [3.63, 3.8) is 0 Å². The molecule has 1 fully saturated rings. The third-order valence-electron chi connectivity index (χ3n) is 4.53. The maximum Gasteiger partial charge on any atom is 0.0468 e. The third-order valence-corrected chi connectivity index (χ3v) is 5.09. The summed E-state index contributed by atoms with van der Waals surface area (Å²) in [7, 11) is 2.04. The molecule has 1 aliphatic carbocycles. The van der Waals surface area contributed by atoms with Crippen LogP contribution in [0.4, 0.5) is 0 Å². The predicted molar refractivity (Wildman–Crippen MR) is 84.0 cm³/mol. The van der Waals surface area contributed by atoms with Gasteiger partial charge in [0.25, 0.3) is 0 Å². The average Bonchev–Trinajstić information content (AvgIpc) is 2.42. The number of benzene rings is 1. The highest BCUT2D eigenvalue weighted by molar-refractivity contribution is 6.35. The molecule has 0 spiro atoms. The summed E-state index contributed by atoms with van der Waals surface area (Å²) in [4.78, 5) is 0.